The van der Waals surface area contributed by atoms with Gasteiger partial charge < -0.3 is 14.7 Å². The second kappa shape index (κ2) is 7.58. The maximum absolute atomic E-state index is 11.0. The van der Waals surface area contributed by atoms with Crippen LogP contribution in [0.15, 0.2) is 42.5 Å². The highest BCUT2D eigenvalue weighted by molar-refractivity contribution is 5.69. The third kappa shape index (κ3) is 3.76. The van der Waals surface area contributed by atoms with Gasteiger partial charge in [0.25, 0.3) is 0 Å². The minimum absolute atomic E-state index is 0.0167. The first-order valence-electron chi connectivity index (χ1n) is 8.31. The van der Waals surface area contributed by atoms with E-state index < -0.39 is 5.97 Å². The summed E-state index contributed by atoms with van der Waals surface area (Å²) >= 11 is 0. The van der Waals surface area contributed by atoms with Crippen molar-refractivity contribution < 1.29 is 14.6 Å². The van der Waals surface area contributed by atoms with E-state index in [0.29, 0.717) is 22.6 Å². The minimum atomic E-state index is -0.785. The normalized spacial score (nSPS) is 15.9. The van der Waals surface area contributed by atoms with Crippen LogP contribution in [0.5, 0.6) is 11.5 Å². The first-order valence-corrected chi connectivity index (χ1v) is 8.31. The molecule has 0 spiro atoms. The molecule has 1 heterocycles. The van der Waals surface area contributed by atoms with Crippen molar-refractivity contribution in [2.45, 2.75) is 25.3 Å². The van der Waals surface area contributed by atoms with E-state index in [1.165, 1.54) is 6.07 Å². The van der Waals surface area contributed by atoms with Crippen LogP contribution in [-0.4, -0.2) is 23.7 Å². The Morgan fingerprint density at radius 1 is 1.19 bits per heavy atom. The number of carbonyl (C=O) groups is 1. The number of anilines is 1. The number of benzene rings is 2. The molecule has 26 heavy (non-hydrogen) atoms. The third-order valence-electron chi connectivity index (χ3n) is 4.41. The summed E-state index contributed by atoms with van der Waals surface area (Å²) in [5, 5.41) is 27.2. The van der Waals surface area contributed by atoms with Gasteiger partial charge in [0, 0.05) is 18.3 Å². The summed E-state index contributed by atoms with van der Waals surface area (Å²) in [6.45, 7) is 0.840. The summed E-state index contributed by atoms with van der Waals surface area (Å²) in [7, 11) is 0. The SMILES string of the molecule is N#Cc1ccc(Oc2ccc(N3CCCC3CC(=O)O)cc2)c(C#N)c1. The van der Waals surface area contributed by atoms with Crippen LogP contribution in [0.4, 0.5) is 5.69 Å². The third-order valence-corrected chi connectivity index (χ3v) is 4.41. The molecule has 1 fully saturated rings. The molecule has 2 aromatic carbocycles. The molecule has 1 N–H and O–H groups in total. The van der Waals surface area contributed by atoms with Crippen molar-refractivity contribution in [3.05, 3.63) is 53.6 Å². The molecule has 0 aliphatic carbocycles. The van der Waals surface area contributed by atoms with Gasteiger partial charge in [-0.2, -0.15) is 10.5 Å². The second-order valence-corrected chi connectivity index (χ2v) is 6.12. The van der Waals surface area contributed by atoms with E-state index in [4.69, 9.17) is 15.1 Å². The summed E-state index contributed by atoms with van der Waals surface area (Å²) in [6, 6.07) is 16.1. The van der Waals surface area contributed by atoms with Crippen LogP contribution >= 0.6 is 0 Å². The Hall–Kier alpha value is -3.51. The monoisotopic (exact) mass is 347 g/mol. The molecule has 3 rings (SSSR count). The van der Waals surface area contributed by atoms with Gasteiger partial charge in [0.15, 0.2) is 0 Å². The van der Waals surface area contributed by atoms with Gasteiger partial charge >= 0.3 is 5.97 Å². The van der Waals surface area contributed by atoms with Crippen molar-refractivity contribution in [1.29, 1.82) is 10.5 Å². The summed E-state index contributed by atoms with van der Waals surface area (Å²) < 4.78 is 5.76. The van der Waals surface area contributed by atoms with Crippen molar-refractivity contribution >= 4 is 11.7 Å². The number of carboxylic acids is 1. The van der Waals surface area contributed by atoms with Gasteiger partial charge in [-0.05, 0) is 55.3 Å². The summed E-state index contributed by atoms with van der Waals surface area (Å²) in [4.78, 5) is 13.1. The van der Waals surface area contributed by atoms with Crippen LogP contribution in [0, 0.1) is 22.7 Å². The molecule has 6 heteroatoms. The zero-order chi connectivity index (χ0) is 18.5. The Kier molecular flexibility index (Phi) is 5.05. The fourth-order valence-corrected chi connectivity index (χ4v) is 3.20. The van der Waals surface area contributed by atoms with E-state index >= 15 is 0 Å². The van der Waals surface area contributed by atoms with E-state index in [2.05, 4.69) is 4.90 Å². The number of nitrogens with zero attached hydrogens (tertiary/aromatic N) is 3. The Morgan fingerprint density at radius 3 is 2.62 bits per heavy atom. The van der Waals surface area contributed by atoms with Crippen LogP contribution in [0.25, 0.3) is 0 Å². The van der Waals surface area contributed by atoms with Crippen LogP contribution in [-0.2, 0) is 4.79 Å². The molecule has 0 amide bonds. The fourth-order valence-electron chi connectivity index (χ4n) is 3.20. The number of aliphatic carboxylic acids is 1. The Labute approximate surface area is 151 Å². The highest BCUT2D eigenvalue weighted by Gasteiger charge is 2.26. The van der Waals surface area contributed by atoms with Gasteiger partial charge in [0.05, 0.1) is 23.6 Å². The smallest absolute Gasteiger partial charge is 0.305 e. The zero-order valence-electron chi connectivity index (χ0n) is 14.1. The standard InChI is InChI=1S/C20H17N3O3/c21-12-14-3-8-19(15(10-14)13-22)26-18-6-4-16(5-7-18)23-9-1-2-17(23)11-20(24)25/h3-8,10,17H,1-2,9,11H2,(H,24,25). The van der Waals surface area contributed by atoms with Crippen LogP contribution in [0.3, 0.4) is 0 Å². The Balaban J connectivity index is 1.75. The topological polar surface area (TPSA) is 97.3 Å². The quantitative estimate of drug-likeness (QED) is 0.886. The minimum Gasteiger partial charge on any atom is -0.481 e. The lowest BCUT2D eigenvalue weighted by Crippen LogP contribution is -2.31. The highest BCUT2D eigenvalue weighted by Crippen LogP contribution is 2.31. The van der Waals surface area contributed by atoms with E-state index in [1.54, 1.807) is 24.3 Å². The molecule has 1 aliphatic rings. The van der Waals surface area contributed by atoms with Gasteiger partial charge in [-0.3, -0.25) is 4.79 Å². The number of hydrogen-bond donors (Lipinski definition) is 1. The Bertz CT molecular complexity index is 894. The molecule has 130 valence electrons. The molecule has 2 aromatic rings. The summed E-state index contributed by atoms with van der Waals surface area (Å²) in [6.07, 6.45) is 1.99. The molecule has 1 atom stereocenters. The lowest BCUT2D eigenvalue weighted by molar-refractivity contribution is -0.137. The summed E-state index contributed by atoms with van der Waals surface area (Å²) in [5.74, 6) is 0.180. The van der Waals surface area contributed by atoms with Crippen molar-refractivity contribution in [2.75, 3.05) is 11.4 Å². The van der Waals surface area contributed by atoms with E-state index in [0.717, 1.165) is 25.1 Å². The molecular formula is C20H17N3O3. The van der Waals surface area contributed by atoms with E-state index in [9.17, 15) is 10.1 Å². The van der Waals surface area contributed by atoms with Gasteiger partial charge in [0.1, 0.15) is 17.6 Å². The van der Waals surface area contributed by atoms with Crippen LogP contribution in [0.2, 0.25) is 0 Å². The van der Waals surface area contributed by atoms with E-state index in [-0.39, 0.29) is 12.5 Å². The first kappa shape index (κ1) is 17.3. The predicted molar refractivity (Wildman–Crippen MR) is 95.0 cm³/mol. The number of ether oxygens (including phenoxy) is 1. The van der Waals surface area contributed by atoms with Crippen molar-refractivity contribution in [3.8, 4) is 23.6 Å². The summed E-state index contributed by atoms with van der Waals surface area (Å²) in [5.41, 5.74) is 1.67. The molecule has 0 bridgehead atoms. The average molecular weight is 347 g/mol. The maximum Gasteiger partial charge on any atom is 0.305 e. The molecule has 6 nitrogen and oxygen atoms in total. The largest absolute Gasteiger partial charge is 0.481 e. The molecular weight excluding hydrogens is 330 g/mol. The second-order valence-electron chi connectivity index (χ2n) is 6.12. The molecule has 0 aromatic heterocycles. The number of hydrogen-bond acceptors (Lipinski definition) is 5. The van der Waals surface area contributed by atoms with Crippen molar-refractivity contribution in [3.63, 3.8) is 0 Å². The average Bonchev–Trinajstić information content (AvgIpc) is 3.10. The van der Waals surface area contributed by atoms with E-state index in [1.807, 2.05) is 24.3 Å². The zero-order valence-corrected chi connectivity index (χ0v) is 14.1. The van der Waals surface area contributed by atoms with Gasteiger partial charge in [-0.15, -0.1) is 0 Å². The fraction of sp³-hybridized carbons (Fsp3) is 0.250. The molecule has 1 saturated heterocycles. The van der Waals surface area contributed by atoms with Crippen LogP contribution in [0.1, 0.15) is 30.4 Å². The van der Waals surface area contributed by atoms with Crippen molar-refractivity contribution in [2.24, 2.45) is 0 Å². The number of nitriles is 2. The number of rotatable bonds is 5. The van der Waals surface area contributed by atoms with Crippen molar-refractivity contribution in [1.82, 2.24) is 0 Å². The Morgan fingerprint density at radius 2 is 1.96 bits per heavy atom. The molecule has 0 saturated carbocycles. The van der Waals surface area contributed by atoms with Crippen LogP contribution < -0.4 is 9.64 Å². The van der Waals surface area contributed by atoms with Gasteiger partial charge in [-0.1, -0.05) is 0 Å². The number of carboxylic acid groups (broad SMARTS) is 1. The first-order chi connectivity index (χ1) is 12.6. The molecule has 0 radical (unpaired) electrons. The predicted octanol–water partition coefficient (Wildman–Crippen LogP) is 3.67. The lowest BCUT2D eigenvalue weighted by Gasteiger charge is -2.25. The molecule has 1 aliphatic heterocycles. The maximum atomic E-state index is 11.0. The van der Waals surface area contributed by atoms with Gasteiger partial charge in [0.2, 0.25) is 0 Å². The van der Waals surface area contributed by atoms with Gasteiger partial charge in [-0.25, -0.2) is 0 Å². The highest BCUT2D eigenvalue weighted by atomic mass is 16.5. The molecule has 1 unspecified atom stereocenters. The lowest BCUT2D eigenvalue weighted by atomic mass is 10.1.